The van der Waals surface area contributed by atoms with Gasteiger partial charge in [-0.05, 0) is 56.2 Å². The number of hydrogen-bond donors (Lipinski definition) is 1. The summed E-state index contributed by atoms with van der Waals surface area (Å²) in [5.74, 6) is 0.412. The summed E-state index contributed by atoms with van der Waals surface area (Å²) < 4.78 is 6.32. The Morgan fingerprint density at radius 2 is 2.16 bits per heavy atom. The van der Waals surface area contributed by atoms with Crippen LogP contribution in [-0.4, -0.2) is 70.6 Å². The Hall–Kier alpha value is -2.41. The molecule has 0 spiro atoms. The SMILES string of the molecule is C[C@@H]1CN([C@H](C)CO)C(=O)c2cc(C3=CCCC3)cnc2O[C@@H]1CN(C)C(=O)C1CCC1. The number of amides is 2. The van der Waals surface area contributed by atoms with Crippen molar-refractivity contribution >= 4 is 17.4 Å². The van der Waals surface area contributed by atoms with E-state index in [1.54, 1.807) is 16.0 Å². The fraction of sp³-hybridized carbons (Fsp3) is 0.640. The Morgan fingerprint density at radius 3 is 2.78 bits per heavy atom. The topological polar surface area (TPSA) is 83.0 Å². The van der Waals surface area contributed by atoms with Crippen LogP contribution < -0.4 is 4.74 Å². The van der Waals surface area contributed by atoms with Gasteiger partial charge in [-0.2, -0.15) is 0 Å². The number of aromatic nitrogens is 1. The van der Waals surface area contributed by atoms with Gasteiger partial charge in [0.05, 0.1) is 19.2 Å². The lowest BCUT2D eigenvalue weighted by molar-refractivity contribution is -0.138. The smallest absolute Gasteiger partial charge is 0.259 e. The number of fused-ring (bicyclic) bond motifs is 1. The molecule has 1 fully saturated rings. The van der Waals surface area contributed by atoms with Crippen molar-refractivity contribution in [1.82, 2.24) is 14.8 Å². The molecule has 1 N–H and O–H groups in total. The molecular weight excluding hydrogens is 406 g/mol. The van der Waals surface area contributed by atoms with Crippen LogP contribution in [0.25, 0.3) is 5.57 Å². The minimum Gasteiger partial charge on any atom is -0.472 e. The van der Waals surface area contributed by atoms with E-state index in [1.165, 1.54) is 5.57 Å². The van der Waals surface area contributed by atoms with Gasteiger partial charge >= 0.3 is 0 Å². The number of carbonyl (C=O) groups excluding carboxylic acids is 2. The lowest BCUT2D eigenvalue weighted by atomic mass is 9.84. The molecule has 3 aliphatic rings. The predicted octanol–water partition coefficient (Wildman–Crippen LogP) is 3.13. The number of rotatable bonds is 6. The van der Waals surface area contributed by atoms with Gasteiger partial charge < -0.3 is 19.6 Å². The molecule has 32 heavy (non-hydrogen) atoms. The van der Waals surface area contributed by atoms with Crippen molar-refractivity contribution in [3.63, 3.8) is 0 Å². The van der Waals surface area contributed by atoms with Crippen molar-refractivity contribution in [2.75, 3.05) is 26.7 Å². The van der Waals surface area contributed by atoms with Crippen LogP contribution in [0.1, 0.15) is 68.3 Å². The maximum atomic E-state index is 13.5. The number of likely N-dealkylation sites (N-methyl/N-ethyl adjacent to an activating group) is 1. The molecule has 2 heterocycles. The molecule has 0 radical (unpaired) electrons. The van der Waals surface area contributed by atoms with Gasteiger partial charge in [-0.3, -0.25) is 9.59 Å². The molecular formula is C25H35N3O4. The van der Waals surface area contributed by atoms with Gasteiger partial charge in [0.15, 0.2) is 0 Å². The molecule has 174 valence electrons. The van der Waals surface area contributed by atoms with E-state index in [4.69, 9.17) is 4.74 Å². The van der Waals surface area contributed by atoms with Gasteiger partial charge in [0.25, 0.3) is 5.91 Å². The fourth-order valence-corrected chi connectivity index (χ4v) is 4.76. The van der Waals surface area contributed by atoms with Crippen LogP contribution in [0.4, 0.5) is 0 Å². The highest BCUT2D eigenvalue weighted by atomic mass is 16.5. The van der Waals surface area contributed by atoms with Crippen LogP contribution in [0, 0.1) is 11.8 Å². The normalized spacial score (nSPS) is 24.6. The third kappa shape index (κ3) is 4.53. The fourth-order valence-electron chi connectivity index (χ4n) is 4.76. The number of carbonyl (C=O) groups is 2. The average molecular weight is 442 g/mol. The first-order chi connectivity index (χ1) is 15.4. The Labute approximate surface area is 190 Å². The van der Waals surface area contributed by atoms with Crippen molar-refractivity contribution in [2.24, 2.45) is 11.8 Å². The summed E-state index contributed by atoms with van der Waals surface area (Å²) in [6, 6.07) is 1.56. The zero-order valence-corrected chi connectivity index (χ0v) is 19.4. The van der Waals surface area contributed by atoms with Crippen molar-refractivity contribution in [2.45, 2.75) is 64.5 Å². The summed E-state index contributed by atoms with van der Waals surface area (Å²) in [5, 5.41) is 9.80. The number of allylic oxidation sites excluding steroid dienone is 2. The summed E-state index contributed by atoms with van der Waals surface area (Å²) in [7, 11) is 1.83. The van der Waals surface area contributed by atoms with E-state index < -0.39 is 0 Å². The van der Waals surface area contributed by atoms with E-state index in [0.29, 0.717) is 24.5 Å². The first-order valence-corrected chi connectivity index (χ1v) is 11.9. The summed E-state index contributed by atoms with van der Waals surface area (Å²) in [5.41, 5.74) is 2.60. The molecule has 7 nitrogen and oxygen atoms in total. The Morgan fingerprint density at radius 1 is 1.38 bits per heavy atom. The van der Waals surface area contributed by atoms with Crippen LogP contribution in [0.3, 0.4) is 0 Å². The molecule has 1 aromatic heterocycles. The minimum absolute atomic E-state index is 0.0308. The monoisotopic (exact) mass is 441 g/mol. The summed E-state index contributed by atoms with van der Waals surface area (Å²) in [6.07, 6.45) is 9.89. The largest absolute Gasteiger partial charge is 0.472 e. The Kier molecular flexibility index (Phi) is 6.84. The second kappa shape index (κ2) is 9.61. The molecule has 0 unspecified atom stereocenters. The van der Waals surface area contributed by atoms with Crippen molar-refractivity contribution < 1.29 is 19.4 Å². The maximum absolute atomic E-state index is 13.5. The van der Waals surface area contributed by atoms with Gasteiger partial charge in [0, 0.05) is 31.6 Å². The first kappa shape index (κ1) is 22.8. The maximum Gasteiger partial charge on any atom is 0.259 e. The molecule has 1 aromatic rings. The Balaban J connectivity index is 1.64. The predicted molar refractivity (Wildman–Crippen MR) is 122 cm³/mol. The Bertz CT molecular complexity index is 895. The molecule has 4 rings (SSSR count). The molecule has 3 atom stereocenters. The third-order valence-corrected chi connectivity index (χ3v) is 7.22. The van der Waals surface area contributed by atoms with Gasteiger partial charge in [0.1, 0.15) is 11.7 Å². The van der Waals surface area contributed by atoms with Gasteiger partial charge in [-0.1, -0.05) is 19.4 Å². The van der Waals surface area contributed by atoms with E-state index in [1.807, 2.05) is 27.0 Å². The van der Waals surface area contributed by atoms with E-state index in [2.05, 4.69) is 11.1 Å². The standard InChI is InChI=1S/C25H35N3O4/c1-16-13-28(17(2)15-29)25(31)21-11-20(18-7-4-5-8-18)12-26-23(21)32-22(16)14-27(3)24(30)19-9-6-10-19/h7,11-12,16-17,19,22,29H,4-6,8-10,13-15H2,1-3H3/t16-,17-,22-/m1/s1. The third-order valence-electron chi connectivity index (χ3n) is 7.22. The first-order valence-electron chi connectivity index (χ1n) is 11.9. The lowest BCUT2D eigenvalue weighted by Crippen LogP contribution is -2.51. The zero-order valence-electron chi connectivity index (χ0n) is 19.4. The van der Waals surface area contributed by atoms with Crippen molar-refractivity contribution in [1.29, 1.82) is 0 Å². The van der Waals surface area contributed by atoms with Crippen molar-refractivity contribution in [3.8, 4) is 5.88 Å². The number of pyridine rings is 1. The van der Waals surface area contributed by atoms with Crippen LogP contribution in [-0.2, 0) is 4.79 Å². The zero-order chi connectivity index (χ0) is 22.8. The van der Waals surface area contributed by atoms with E-state index in [-0.39, 0.29) is 42.4 Å². The molecule has 0 bridgehead atoms. The molecule has 0 saturated heterocycles. The van der Waals surface area contributed by atoms with E-state index in [0.717, 1.165) is 44.1 Å². The van der Waals surface area contributed by atoms with Crippen LogP contribution in [0.2, 0.25) is 0 Å². The van der Waals surface area contributed by atoms with Gasteiger partial charge in [-0.15, -0.1) is 0 Å². The van der Waals surface area contributed by atoms with Gasteiger partial charge in [0.2, 0.25) is 11.8 Å². The lowest BCUT2D eigenvalue weighted by Gasteiger charge is -2.38. The quantitative estimate of drug-likeness (QED) is 0.733. The van der Waals surface area contributed by atoms with Gasteiger partial charge in [-0.25, -0.2) is 4.98 Å². The van der Waals surface area contributed by atoms with E-state index in [9.17, 15) is 14.7 Å². The average Bonchev–Trinajstić information content (AvgIpc) is 3.29. The summed E-state index contributed by atoms with van der Waals surface area (Å²) in [4.78, 5) is 34.3. The number of aliphatic hydroxyl groups is 1. The second-order valence-electron chi connectivity index (χ2n) is 9.67. The molecule has 0 aromatic carbocycles. The highest BCUT2D eigenvalue weighted by molar-refractivity contribution is 5.97. The minimum atomic E-state index is -0.319. The molecule has 2 amide bonds. The molecule has 7 heteroatoms. The number of nitrogens with zero attached hydrogens (tertiary/aromatic N) is 3. The number of ether oxygens (including phenoxy) is 1. The van der Waals surface area contributed by atoms with Crippen LogP contribution >= 0.6 is 0 Å². The second-order valence-corrected chi connectivity index (χ2v) is 9.67. The number of hydrogen-bond acceptors (Lipinski definition) is 5. The summed E-state index contributed by atoms with van der Waals surface area (Å²) >= 11 is 0. The van der Waals surface area contributed by atoms with Crippen molar-refractivity contribution in [3.05, 3.63) is 29.5 Å². The van der Waals surface area contributed by atoms with Crippen LogP contribution in [0.15, 0.2) is 18.3 Å². The molecule has 1 aliphatic heterocycles. The highest BCUT2D eigenvalue weighted by Crippen LogP contribution is 2.33. The summed E-state index contributed by atoms with van der Waals surface area (Å²) in [6.45, 7) is 4.66. The highest BCUT2D eigenvalue weighted by Gasteiger charge is 2.36. The number of aliphatic hydroxyl groups excluding tert-OH is 1. The van der Waals surface area contributed by atoms with Crippen LogP contribution in [0.5, 0.6) is 5.88 Å². The molecule has 2 aliphatic carbocycles. The molecule has 1 saturated carbocycles. The van der Waals surface area contributed by atoms with E-state index >= 15 is 0 Å².